The number of anilines is 6. The molecule has 0 atom stereocenters. The van der Waals surface area contributed by atoms with Crippen molar-refractivity contribution in [3.8, 4) is 22.3 Å². The van der Waals surface area contributed by atoms with Crippen LogP contribution in [0.3, 0.4) is 0 Å². The summed E-state index contributed by atoms with van der Waals surface area (Å²) in [7, 11) is 0. The van der Waals surface area contributed by atoms with E-state index in [1.807, 2.05) is 54.6 Å². The Morgan fingerprint density at radius 2 is 0.646 bits per heavy atom. The monoisotopic (exact) mass is 836 g/mol. The van der Waals surface area contributed by atoms with Gasteiger partial charge in [-0.05, 0) is 95.1 Å². The van der Waals surface area contributed by atoms with Gasteiger partial charge in [-0.2, -0.15) is 0 Å². The SMILES string of the molecule is c1ccc(-c2ccc(N(c3ccc4c(c3)oc3ccccc34)c3ccc4c(c3)oc3cc(N(c5ccc(-c6ccccc6)cc5)c5ccc6c(c5)oc5ccccc56)nnc34)cc2)cc1. The van der Waals surface area contributed by atoms with Gasteiger partial charge in [0.1, 0.15) is 33.4 Å². The molecule has 0 N–H and O–H groups in total. The highest BCUT2D eigenvalue weighted by Gasteiger charge is 2.22. The minimum atomic E-state index is 0.610. The fourth-order valence-electron chi connectivity index (χ4n) is 9.22. The number of hydrogen-bond acceptors (Lipinski definition) is 7. The molecule has 0 amide bonds. The van der Waals surface area contributed by atoms with Gasteiger partial charge in [-0.1, -0.05) is 121 Å². The highest BCUT2D eigenvalue weighted by atomic mass is 16.3. The van der Waals surface area contributed by atoms with Gasteiger partial charge in [0.05, 0.1) is 5.69 Å². The maximum Gasteiger partial charge on any atom is 0.164 e. The number of aromatic nitrogens is 2. The zero-order chi connectivity index (χ0) is 42.8. The predicted molar refractivity (Wildman–Crippen MR) is 264 cm³/mol. The molecule has 0 bridgehead atoms. The van der Waals surface area contributed by atoms with Gasteiger partial charge in [0, 0.05) is 73.9 Å². The van der Waals surface area contributed by atoms with Crippen molar-refractivity contribution in [3.05, 3.63) is 218 Å². The average Bonchev–Trinajstić information content (AvgIpc) is 4.05. The van der Waals surface area contributed by atoms with Crippen LogP contribution in [0.4, 0.5) is 34.3 Å². The van der Waals surface area contributed by atoms with E-state index in [9.17, 15) is 0 Å². The lowest BCUT2D eigenvalue weighted by molar-refractivity contribution is 0.667. The lowest BCUT2D eigenvalue weighted by Crippen LogP contribution is -2.12. The van der Waals surface area contributed by atoms with E-state index in [0.717, 1.165) is 100.0 Å². The number of para-hydroxylation sites is 2. The van der Waals surface area contributed by atoms with Crippen molar-refractivity contribution in [2.45, 2.75) is 0 Å². The van der Waals surface area contributed by atoms with Crippen molar-refractivity contribution in [3.63, 3.8) is 0 Å². The second-order valence-corrected chi connectivity index (χ2v) is 16.3. The van der Waals surface area contributed by atoms with E-state index in [0.29, 0.717) is 22.5 Å². The van der Waals surface area contributed by atoms with E-state index in [-0.39, 0.29) is 0 Å². The Hall–Kier alpha value is -8.94. The summed E-state index contributed by atoms with van der Waals surface area (Å²) >= 11 is 0. The Morgan fingerprint density at radius 1 is 0.262 bits per heavy atom. The molecule has 7 heteroatoms. The lowest BCUT2D eigenvalue weighted by atomic mass is 10.0. The molecule has 0 unspecified atom stereocenters. The van der Waals surface area contributed by atoms with Crippen molar-refractivity contribution in [2.24, 2.45) is 0 Å². The van der Waals surface area contributed by atoms with Crippen LogP contribution in [-0.4, -0.2) is 10.2 Å². The lowest BCUT2D eigenvalue weighted by Gasteiger charge is -2.25. The number of furan rings is 3. The van der Waals surface area contributed by atoms with Crippen molar-refractivity contribution in [1.29, 1.82) is 0 Å². The number of benzene rings is 9. The molecule has 0 saturated carbocycles. The van der Waals surface area contributed by atoms with Crippen LogP contribution in [0.2, 0.25) is 0 Å². The summed E-state index contributed by atoms with van der Waals surface area (Å²) in [6.07, 6.45) is 0. The van der Waals surface area contributed by atoms with Gasteiger partial charge < -0.3 is 18.2 Å². The van der Waals surface area contributed by atoms with E-state index in [1.165, 1.54) is 0 Å². The normalized spacial score (nSPS) is 11.7. The van der Waals surface area contributed by atoms with E-state index in [4.69, 9.17) is 23.4 Å². The molecule has 65 heavy (non-hydrogen) atoms. The molecule has 4 aromatic heterocycles. The van der Waals surface area contributed by atoms with Gasteiger partial charge in [-0.15, -0.1) is 10.2 Å². The van der Waals surface area contributed by atoms with Crippen LogP contribution in [0, 0.1) is 0 Å². The summed E-state index contributed by atoms with van der Waals surface area (Å²) in [5, 5.41) is 14.9. The van der Waals surface area contributed by atoms with E-state index in [2.05, 4.69) is 174 Å². The first-order chi connectivity index (χ1) is 32.2. The first-order valence-electron chi connectivity index (χ1n) is 21.6. The quantitative estimate of drug-likeness (QED) is 0.151. The Morgan fingerprint density at radius 3 is 1.18 bits per heavy atom. The summed E-state index contributed by atoms with van der Waals surface area (Å²) in [4.78, 5) is 4.34. The molecule has 13 rings (SSSR count). The topological polar surface area (TPSA) is 71.7 Å². The van der Waals surface area contributed by atoms with Crippen LogP contribution < -0.4 is 9.80 Å². The molecule has 0 aliphatic heterocycles. The van der Waals surface area contributed by atoms with Crippen molar-refractivity contribution in [2.75, 3.05) is 9.80 Å². The Labute approximate surface area is 372 Å². The second-order valence-electron chi connectivity index (χ2n) is 16.3. The number of hydrogen-bond donors (Lipinski definition) is 0. The second kappa shape index (κ2) is 14.9. The van der Waals surface area contributed by atoms with Gasteiger partial charge in [-0.3, -0.25) is 4.90 Å². The summed E-state index contributed by atoms with van der Waals surface area (Å²) in [6, 6.07) is 75.2. The largest absolute Gasteiger partial charge is 0.456 e. The molecule has 4 heterocycles. The Bertz CT molecular complexity index is 3640. The van der Waals surface area contributed by atoms with Gasteiger partial charge in [0.25, 0.3) is 0 Å². The Kier molecular flexibility index (Phi) is 8.39. The van der Waals surface area contributed by atoms with E-state index < -0.39 is 0 Å². The zero-order valence-corrected chi connectivity index (χ0v) is 34.8. The van der Waals surface area contributed by atoms with E-state index in [1.54, 1.807) is 0 Å². The van der Waals surface area contributed by atoms with Gasteiger partial charge in [0.2, 0.25) is 0 Å². The van der Waals surface area contributed by atoms with Crippen LogP contribution >= 0.6 is 0 Å². The molecule has 0 saturated heterocycles. The summed E-state index contributed by atoms with van der Waals surface area (Å²) < 4.78 is 19.5. The third-order valence-electron chi connectivity index (χ3n) is 12.4. The predicted octanol–water partition coefficient (Wildman–Crippen LogP) is 16.4. The van der Waals surface area contributed by atoms with Crippen molar-refractivity contribution >= 4 is 100 Å². The standard InChI is InChI=1S/C58H36N4O3/c1-3-11-37(12-4-1)39-19-23-41(24-20-39)61(43-27-30-48-46-15-7-9-17-51(46)63-53(48)33-43)44-29-32-50-55(34-44)65-56-36-57(59-60-58(50)56)62(42-25-21-40(22-26-42)38-13-5-2-6-14-38)45-28-31-49-47-16-8-10-18-52(47)64-54(49)35-45/h1-36H. The molecular formula is C58H36N4O3. The van der Waals surface area contributed by atoms with E-state index >= 15 is 0 Å². The number of nitrogens with zero attached hydrogens (tertiary/aromatic N) is 4. The molecule has 0 spiro atoms. The highest BCUT2D eigenvalue weighted by Crippen LogP contribution is 2.43. The van der Waals surface area contributed by atoms with Gasteiger partial charge in [-0.25, -0.2) is 0 Å². The maximum atomic E-state index is 6.76. The molecular weight excluding hydrogens is 801 g/mol. The smallest absolute Gasteiger partial charge is 0.164 e. The van der Waals surface area contributed by atoms with Crippen LogP contribution in [0.15, 0.2) is 232 Å². The molecule has 0 fully saturated rings. The fourth-order valence-corrected chi connectivity index (χ4v) is 9.22. The third-order valence-corrected chi connectivity index (χ3v) is 12.4. The Balaban J connectivity index is 0.929. The number of rotatable bonds is 8. The summed E-state index contributed by atoms with van der Waals surface area (Å²) in [6.45, 7) is 0. The molecule has 0 aliphatic rings. The minimum absolute atomic E-state index is 0.610. The number of fused-ring (bicyclic) bond motifs is 9. The summed E-state index contributed by atoms with van der Waals surface area (Å²) in [5.41, 5.74) is 14.6. The molecule has 13 aromatic rings. The van der Waals surface area contributed by atoms with Crippen LogP contribution in [0.25, 0.3) is 88.2 Å². The van der Waals surface area contributed by atoms with Gasteiger partial charge >= 0.3 is 0 Å². The van der Waals surface area contributed by atoms with Crippen LogP contribution in [0.1, 0.15) is 0 Å². The first-order valence-corrected chi connectivity index (χ1v) is 21.6. The third kappa shape index (κ3) is 6.28. The molecule has 9 aromatic carbocycles. The molecule has 7 nitrogen and oxygen atoms in total. The zero-order valence-electron chi connectivity index (χ0n) is 34.8. The summed E-state index contributed by atoms with van der Waals surface area (Å²) in [5.74, 6) is 0.610. The van der Waals surface area contributed by atoms with Gasteiger partial charge in [0.15, 0.2) is 11.4 Å². The average molecular weight is 837 g/mol. The van der Waals surface area contributed by atoms with Crippen LogP contribution in [0.5, 0.6) is 0 Å². The van der Waals surface area contributed by atoms with Crippen molar-refractivity contribution in [1.82, 2.24) is 10.2 Å². The fraction of sp³-hybridized carbons (Fsp3) is 0. The highest BCUT2D eigenvalue weighted by molar-refractivity contribution is 6.08. The molecule has 0 radical (unpaired) electrons. The van der Waals surface area contributed by atoms with Crippen LogP contribution in [-0.2, 0) is 0 Å². The van der Waals surface area contributed by atoms with Crippen molar-refractivity contribution < 1.29 is 13.3 Å². The first kappa shape index (κ1) is 36.7. The molecule has 306 valence electrons. The molecule has 0 aliphatic carbocycles. The minimum Gasteiger partial charge on any atom is -0.456 e. The maximum absolute atomic E-state index is 6.76.